The van der Waals surface area contributed by atoms with Crippen LogP contribution in [-0.4, -0.2) is 58.6 Å². The molecule has 4 heterocycles. The van der Waals surface area contributed by atoms with Gasteiger partial charge in [0.2, 0.25) is 0 Å². The van der Waals surface area contributed by atoms with Crippen LogP contribution in [-0.2, 0) is 0 Å². The smallest absolute Gasteiger partial charge is 0.0897 e. The van der Waals surface area contributed by atoms with Gasteiger partial charge in [0.05, 0.1) is 35.2 Å². The molecule has 2 aliphatic heterocycles. The number of rotatable bonds is 5. The van der Waals surface area contributed by atoms with Gasteiger partial charge in [0.1, 0.15) is 0 Å². The van der Waals surface area contributed by atoms with Crippen molar-refractivity contribution in [2.24, 2.45) is 10.2 Å². The molecule has 0 unspecified atom stereocenters. The molecule has 0 atom stereocenters. The zero-order chi connectivity index (χ0) is 20.8. The third-order valence-electron chi connectivity index (χ3n) is 5.61. The Morgan fingerprint density at radius 2 is 1.03 bits per heavy atom. The summed E-state index contributed by atoms with van der Waals surface area (Å²) >= 11 is 0. The molecule has 0 amide bonds. The Morgan fingerprint density at radius 1 is 0.633 bits per heavy atom. The number of piperidine rings is 2. The van der Waals surface area contributed by atoms with Crippen LogP contribution in [0.3, 0.4) is 0 Å². The summed E-state index contributed by atoms with van der Waals surface area (Å²) < 4.78 is 0. The van der Waals surface area contributed by atoms with E-state index in [9.17, 15) is 0 Å². The van der Waals surface area contributed by atoms with Gasteiger partial charge < -0.3 is 0 Å². The highest BCUT2D eigenvalue weighted by atomic mass is 15.4. The van der Waals surface area contributed by atoms with Gasteiger partial charge in [-0.25, -0.2) is 9.97 Å². The first-order valence-corrected chi connectivity index (χ1v) is 11.2. The lowest BCUT2D eigenvalue weighted by atomic mass is 10.1. The number of hydrazone groups is 2. The van der Waals surface area contributed by atoms with Crippen molar-refractivity contribution in [3.8, 4) is 11.4 Å². The highest BCUT2D eigenvalue weighted by molar-refractivity contribution is 5.80. The predicted molar refractivity (Wildman–Crippen MR) is 123 cm³/mol. The van der Waals surface area contributed by atoms with Crippen molar-refractivity contribution in [2.75, 3.05) is 26.2 Å². The molecule has 2 aromatic rings. The monoisotopic (exact) mass is 404 g/mol. The first-order chi connectivity index (χ1) is 14.7. The summed E-state index contributed by atoms with van der Waals surface area (Å²) in [5, 5.41) is 13.6. The molecule has 30 heavy (non-hydrogen) atoms. The molecule has 0 N–H and O–H groups in total. The van der Waals surface area contributed by atoms with Crippen molar-refractivity contribution < 1.29 is 0 Å². The van der Waals surface area contributed by atoms with Crippen molar-refractivity contribution >= 4 is 12.4 Å². The van der Waals surface area contributed by atoms with Crippen LogP contribution in [0.1, 0.15) is 61.0 Å². The highest BCUT2D eigenvalue weighted by Gasteiger charge is 2.10. The van der Waals surface area contributed by atoms with Crippen LogP contribution in [0.5, 0.6) is 0 Å². The summed E-state index contributed by atoms with van der Waals surface area (Å²) in [6, 6.07) is 8.33. The van der Waals surface area contributed by atoms with Gasteiger partial charge in [-0.3, -0.25) is 10.0 Å². The van der Waals surface area contributed by atoms with Crippen molar-refractivity contribution in [3.63, 3.8) is 0 Å². The van der Waals surface area contributed by atoms with E-state index in [1.165, 1.54) is 38.5 Å². The summed E-state index contributed by atoms with van der Waals surface area (Å²) in [6.45, 7) is 8.33. The molecule has 4 rings (SSSR count). The number of nitrogens with zero attached hydrogens (tertiary/aromatic N) is 6. The zero-order valence-corrected chi connectivity index (χ0v) is 18.2. The summed E-state index contributed by atoms with van der Waals surface area (Å²) in [6.07, 6.45) is 11.3. The van der Waals surface area contributed by atoms with Crippen LogP contribution in [0, 0.1) is 13.8 Å². The Hall–Kier alpha value is -2.76. The van der Waals surface area contributed by atoms with Gasteiger partial charge >= 0.3 is 0 Å². The maximum atomic E-state index is 4.83. The molecular weight excluding hydrogens is 372 g/mol. The molecule has 2 saturated heterocycles. The van der Waals surface area contributed by atoms with E-state index >= 15 is 0 Å². The van der Waals surface area contributed by atoms with E-state index in [1.54, 1.807) is 0 Å². The molecule has 6 heteroatoms. The maximum absolute atomic E-state index is 4.83. The molecule has 158 valence electrons. The molecule has 0 aliphatic carbocycles. The molecule has 2 fully saturated rings. The summed E-state index contributed by atoms with van der Waals surface area (Å²) in [7, 11) is 0. The first kappa shape index (κ1) is 20.5. The van der Waals surface area contributed by atoms with Gasteiger partial charge in [-0.15, -0.1) is 0 Å². The maximum Gasteiger partial charge on any atom is 0.0897 e. The summed E-state index contributed by atoms with van der Waals surface area (Å²) in [5.74, 6) is 0. The number of hydrogen-bond donors (Lipinski definition) is 0. The molecule has 0 aromatic carbocycles. The standard InChI is InChI=1S/C24H32N6/c1-19-13-21(17-25-29-9-5-3-6-10-29)27-23(15-19)24-16-20(2)14-22(28-24)18-26-30-11-7-4-8-12-30/h13-18H,3-12H2,1-2H3. The molecule has 2 aliphatic rings. The lowest BCUT2D eigenvalue weighted by Crippen LogP contribution is -2.24. The number of pyridine rings is 2. The lowest BCUT2D eigenvalue weighted by Gasteiger charge is -2.23. The number of hydrogen-bond acceptors (Lipinski definition) is 6. The Labute approximate surface area is 179 Å². The fourth-order valence-corrected chi connectivity index (χ4v) is 4.05. The van der Waals surface area contributed by atoms with Gasteiger partial charge in [0.25, 0.3) is 0 Å². The summed E-state index contributed by atoms with van der Waals surface area (Å²) in [4.78, 5) is 9.65. The molecule has 0 spiro atoms. The molecule has 6 nitrogen and oxygen atoms in total. The van der Waals surface area contributed by atoms with Crippen LogP contribution in [0.4, 0.5) is 0 Å². The van der Waals surface area contributed by atoms with Crippen LogP contribution in [0.2, 0.25) is 0 Å². The van der Waals surface area contributed by atoms with Gasteiger partial charge in [-0.05, 0) is 87.8 Å². The van der Waals surface area contributed by atoms with Gasteiger partial charge in [-0.1, -0.05) is 0 Å². The molecule has 0 saturated carbocycles. The molecule has 2 aromatic heterocycles. The van der Waals surface area contributed by atoms with E-state index in [0.717, 1.165) is 60.1 Å². The minimum absolute atomic E-state index is 0.877. The van der Waals surface area contributed by atoms with E-state index in [-0.39, 0.29) is 0 Å². The molecule has 0 bridgehead atoms. The van der Waals surface area contributed by atoms with Crippen molar-refractivity contribution in [1.82, 2.24) is 20.0 Å². The highest BCUT2D eigenvalue weighted by Crippen LogP contribution is 2.19. The van der Waals surface area contributed by atoms with E-state index in [1.807, 2.05) is 12.4 Å². The SMILES string of the molecule is Cc1cc(C=NN2CCCCC2)nc(-c2cc(C)cc(C=NN3CCCCC3)n2)c1. The van der Waals surface area contributed by atoms with Crippen LogP contribution < -0.4 is 0 Å². The third-order valence-corrected chi connectivity index (χ3v) is 5.61. The van der Waals surface area contributed by atoms with Crippen LogP contribution in [0.15, 0.2) is 34.5 Å². The fourth-order valence-electron chi connectivity index (χ4n) is 4.05. The van der Waals surface area contributed by atoms with E-state index in [2.05, 4.69) is 58.3 Å². The minimum atomic E-state index is 0.877. The normalized spacial score (nSPS) is 17.9. The first-order valence-electron chi connectivity index (χ1n) is 11.2. The second-order valence-electron chi connectivity index (χ2n) is 8.43. The zero-order valence-electron chi connectivity index (χ0n) is 18.2. The number of aromatic nitrogens is 2. The Bertz CT molecular complexity index is 832. The lowest BCUT2D eigenvalue weighted by molar-refractivity contribution is 0.240. The topological polar surface area (TPSA) is 57.0 Å². The average Bonchev–Trinajstić information content (AvgIpc) is 2.77. The van der Waals surface area contributed by atoms with Gasteiger partial charge in [-0.2, -0.15) is 10.2 Å². The second kappa shape index (κ2) is 9.83. The van der Waals surface area contributed by atoms with Crippen LogP contribution in [0.25, 0.3) is 11.4 Å². The number of aryl methyl sites for hydroxylation is 2. The van der Waals surface area contributed by atoms with E-state index in [4.69, 9.17) is 9.97 Å². The quantitative estimate of drug-likeness (QED) is 0.693. The Kier molecular flexibility index (Phi) is 6.72. The van der Waals surface area contributed by atoms with E-state index in [0.29, 0.717) is 0 Å². The van der Waals surface area contributed by atoms with Crippen molar-refractivity contribution in [3.05, 3.63) is 46.8 Å². The Morgan fingerprint density at radius 3 is 1.43 bits per heavy atom. The summed E-state index contributed by atoms with van der Waals surface area (Å²) in [5.41, 5.74) is 5.83. The van der Waals surface area contributed by atoms with Gasteiger partial charge in [0, 0.05) is 26.2 Å². The molecule has 0 radical (unpaired) electrons. The average molecular weight is 405 g/mol. The molecular formula is C24H32N6. The fraction of sp³-hybridized carbons (Fsp3) is 0.500. The van der Waals surface area contributed by atoms with Crippen molar-refractivity contribution in [1.29, 1.82) is 0 Å². The van der Waals surface area contributed by atoms with E-state index < -0.39 is 0 Å². The largest absolute Gasteiger partial charge is 0.297 e. The predicted octanol–water partition coefficient (Wildman–Crippen LogP) is 4.40. The Balaban J connectivity index is 1.55. The van der Waals surface area contributed by atoms with Crippen LogP contribution >= 0.6 is 0 Å². The second-order valence-corrected chi connectivity index (χ2v) is 8.43. The minimum Gasteiger partial charge on any atom is -0.297 e. The van der Waals surface area contributed by atoms with Crippen molar-refractivity contribution in [2.45, 2.75) is 52.4 Å². The third kappa shape index (κ3) is 5.65. The van der Waals surface area contributed by atoms with Gasteiger partial charge in [0.15, 0.2) is 0 Å².